The predicted octanol–water partition coefficient (Wildman–Crippen LogP) is 1.27. The van der Waals surface area contributed by atoms with Crippen LogP contribution < -0.4 is 31.9 Å². The Balaban J connectivity index is 1.16. The van der Waals surface area contributed by atoms with Crippen LogP contribution in [0, 0.1) is 0 Å². The second-order valence-electron chi connectivity index (χ2n) is 15.0. The van der Waals surface area contributed by atoms with Crippen molar-refractivity contribution in [3.05, 3.63) is 72.3 Å². The monoisotopic (exact) mass is 742 g/mol. The van der Waals surface area contributed by atoms with Crippen LogP contribution in [0.15, 0.2) is 60.9 Å². The van der Waals surface area contributed by atoms with Crippen LogP contribution in [0.5, 0.6) is 0 Å². The minimum Gasteiger partial charge on any atom is -0.362 e. The summed E-state index contributed by atoms with van der Waals surface area (Å²) >= 11 is 0. The zero-order chi connectivity index (χ0) is 39.0. The van der Waals surface area contributed by atoms with Crippen LogP contribution >= 0.6 is 0 Å². The number of carbonyl (C=O) groups excluding carboxylic acids is 4. The van der Waals surface area contributed by atoms with E-state index in [1.165, 1.54) is 12.4 Å². The summed E-state index contributed by atoms with van der Waals surface area (Å²) in [5.41, 5.74) is -1.22. The number of rotatable bonds is 10. The van der Waals surface area contributed by atoms with Crippen LogP contribution in [0.1, 0.15) is 62.5 Å². The Kier molecular flexibility index (Phi) is 12.5. The predicted molar refractivity (Wildman–Crippen MR) is 203 cm³/mol. The van der Waals surface area contributed by atoms with Gasteiger partial charge in [-0.3, -0.25) is 29.1 Å². The second-order valence-corrected chi connectivity index (χ2v) is 15.0. The van der Waals surface area contributed by atoms with E-state index < -0.39 is 34.1 Å². The lowest BCUT2D eigenvalue weighted by Gasteiger charge is -2.39. The third-order valence-electron chi connectivity index (χ3n) is 8.90. The van der Waals surface area contributed by atoms with Gasteiger partial charge in [0, 0.05) is 50.3 Å². The molecule has 54 heavy (non-hydrogen) atoms. The maximum absolute atomic E-state index is 13.8. The number of fused-ring (bicyclic) bond motifs is 2. The molecule has 1 aliphatic rings. The van der Waals surface area contributed by atoms with Crippen molar-refractivity contribution in [1.29, 1.82) is 0 Å². The van der Waals surface area contributed by atoms with E-state index in [0.29, 0.717) is 22.1 Å². The molecule has 0 bridgehead atoms. The molecule has 2 aromatic carbocycles. The molecule has 0 radical (unpaired) electrons. The maximum atomic E-state index is 13.8. The van der Waals surface area contributed by atoms with Crippen LogP contribution in [0.3, 0.4) is 0 Å². The highest BCUT2D eigenvalue weighted by Gasteiger charge is 2.41. The normalized spacial score (nSPS) is 22.1. The van der Waals surface area contributed by atoms with E-state index >= 15 is 0 Å². The van der Waals surface area contributed by atoms with Crippen molar-refractivity contribution in [1.82, 2.24) is 51.8 Å². The Bertz CT molecular complexity index is 1850. The zero-order valence-electron chi connectivity index (χ0n) is 31.7. The molecule has 2 unspecified atom stereocenters. The average Bonchev–Trinajstić information content (AvgIpc) is 3.13. The largest absolute Gasteiger partial charge is 0.362 e. The lowest BCUT2D eigenvalue weighted by molar-refractivity contribution is -0.148. The van der Waals surface area contributed by atoms with E-state index in [9.17, 15) is 19.2 Å². The first-order valence-electron chi connectivity index (χ1n) is 17.9. The minimum atomic E-state index is -1.32. The summed E-state index contributed by atoms with van der Waals surface area (Å²) in [7, 11) is 0. The SMILES string of the molecule is CC1(C)CNCC(C)(OCCNC(=O)c2cnc3ccccc3n2)C(=O)NC(C)(C)CNCC(C)(OCCNC(=O)c2cnc3ccccc3n2)C(=O)N1. The Morgan fingerprint density at radius 1 is 0.611 bits per heavy atom. The first kappa shape index (κ1) is 40.0. The summed E-state index contributed by atoms with van der Waals surface area (Å²) in [5, 5.41) is 18.3. The summed E-state index contributed by atoms with van der Waals surface area (Å²) in [6, 6.07) is 14.6. The van der Waals surface area contributed by atoms with Crippen LogP contribution in [-0.2, 0) is 19.1 Å². The van der Waals surface area contributed by atoms with Crippen molar-refractivity contribution in [3.63, 3.8) is 0 Å². The molecule has 1 aliphatic heterocycles. The van der Waals surface area contributed by atoms with Gasteiger partial charge in [-0.05, 0) is 65.8 Å². The zero-order valence-corrected chi connectivity index (χ0v) is 31.7. The molecular formula is C38H50N10O6. The number of nitrogens with one attached hydrogen (secondary N) is 6. The summed E-state index contributed by atoms with van der Waals surface area (Å²) < 4.78 is 12.3. The van der Waals surface area contributed by atoms with Crippen molar-refractivity contribution in [2.45, 2.75) is 63.8 Å². The van der Waals surface area contributed by atoms with Crippen LogP contribution in [0.4, 0.5) is 0 Å². The number of hydrogen-bond acceptors (Lipinski definition) is 12. The molecule has 5 rings (SSSR count). The third-order valence-corrected chi connectivity index (χ3v) is 8.90. The Morgan fingerprint density at radius 2 is 0.981 bits per heavy atom. The number of para-hydroxylation sites is 4. The van der Waals surface area contributed by atoms with Crippen molar-refractivity contribution >= 4 is 45.7 Å². The fourth-order valence-electron chi connectivity index (χ4n) is 5.78. The van der Waals surface area contributed by atoms with Gasteiger partial charge in [0.05, 0.1) is 47.7 Å². The maximum Gasteiger partial charge on any atom is 0.271 e. The Labute approximate surface area is 314 Å². The molecule has 2 atom stereocenters. The van der Waals surface area contributed by atoms with Gasteiger partial charge in [0.25, 0.3) is 23.6 Å². The molecule has 4 aromatic rings. The first-order valence-corrected chi connectivity index (χ1v) is 17.9. The molecule has 6 N–H and O–H groups in total. The van der Waals surface area contributed by atoms with Crippen molar-refractivity contribution in [2.24, 2.45) is 0 Å². The number of amides is 4. The van der Waals surface area contributed by atoms with Gasteiger partial charge in [-0.2, -0.15) is 0 Å². The highest BCUT2D eigenvalue weighted by atomic mass is 16.5. The second kappa shape index (κ2) is 16.9. The molecule has 288 valence electrons. The molecule has 0 saturated carbocycles. The van der Waals surface area contributed by atoms with Gasteiger partial charge < -0.3 is 41.4 Å². The minimum absolute atomic E-state index is 0.0446. The van der Waals surface area contributed by atoms with Crippen molar-refractivity contribution < 1.29 is 28.7 Å². The lowest BCUT2D eigenvalue weighted by atomic mass is 9.97. The topological polar surface area (TPSA) is 210 Å². The van der Waals surface area contributed by atoms with Crippen molar-refractivity contribution in [3.8, 4) is 0 Å². The Morgan fingerprint density at radius 3 is 1.37 bits per heavy atom. The summed E-state index contributed by atoms with van der Waals surface area (Å²) in [4.78, 5) is 70.5. The standard InChI is InChI=1S/C38H50N10O6/c1-35(2)21-39-23-38(6,54-18-16-42-32(50)30-20-44-26-12-8-10-14-28(26)46-30)34(52)48-36(3,4)22-40-24-37(5,33(51)47-35)53-17-15-41-31(49)29-19-43-25-11-7-9-13-27(25)45-29/h7-14,19-20,39-40H,15-18,21-24H2,1-6H3,(H,41,49)(H,42,50)(H,47,51)(H,48,52). The Hall–Kier alpha value is -5.16. The molecule has 3 heterocycles. The van der Waals surface area contributed by atoms with Gasteiger partial charge in [0.15, 0.2) is 11.2 Å². The quantitative estimate of drug-likeness (QED) is 0.127. The number of aromatic nitrogens is 4. The summed E-state index contributed by atoms with van der Waals surface area (Å²) in [6.07, 6.45) is 2.84. The van der Waals surface area contributed by atoms with E-state index in [1.54, 1.807) is 26.0 Å². The van der Waals surface area contributed by atoms with E-state index in [4.69, 9.17) is 9.47 Å². The number of nitrogens with zero attached hydrogens (tertiary/aromatic N) is 4. The summed E-state index contributed by atoms with van der Waals surface area (Å²) in [5.74, 6) is -1.51. The fraction of sp³-hybridized carbons (Fsp3) is 0.474. The van der Waals surface area contributed by atoms with Gasteiger partial charge in [-0.15, -0.1) is 0 Å². The molecule has 16 nitrogen and oxygen atoms in total. The molecule has 1 fully saturated rings. The molecule has 16 heteroatoms. The van der Waals surface area contributed by atoms with Crippen LogP contribution in [0.2, 0.25) is 0 Å². The van der Waals surface area contributed by atoms with E-state index in [0.717, 1.165) is 0 Å². The number of carbonyl (C=O) groups is 4. The van der Waals surface area contributed by atoms with Gasteiger partial charge in [0.2, 0.25) is 0 Å². The summed E-state index contributed by atoms with van der Waals surface area (Å²) in [6.45, 7) is 11.9. The number of ether oxygens (including phenoxy) is 2. The molecule has 1 saturated heterocycles. The molecule has 0 spiro atoms. The third kappa shape index (κ3) is 10.5. The number of hydrogen-bond donors (Lipinski definition) is 6. The highest BCUT2D eigenvalue weighted by Crippen LogP contribution is 2.17. The van der Waals surface area contributed by atoms with Gasteiger partial charge in [-0.25, -0.2) is 9.97 Å². The van der Waals surface area contributed by atoms with Gasteiger partial charge in [0.1, 0.15) is 11.4 Å². The smallest absolute Gasteiger partial charge is 0.271 e. The van der Waals surface area contributed by atoms with Gasteiger partial charge in [-0.1, -0.05) is 24.3 Å². The molecule has 0 aliphatic carbocycles. The fourth-order valence-corrected chi connectivity index (χ4v) is 5.78. The molecule has 4 amide bonds. The van der Waals surface area contributed by atoms with Crippen molar-refractivity contribution in [2.75, 3.05) is 52.5 Å². The highest BCUT2D eigenvalue weighted by molar-refractivity contribution is 5.94. The van der Waals surface area contributed by atoms with E-state index in [2.05, 4.69) is 51.8 Å². The first-order chi connectivity index (χ1) is 25.6. The van der Waals surface area contributed by atoms with Crippen LogP contribution in [-0.4, -0.2) is 118 Å². The average molecular weight is 743 g/mol. The molecular weight excluding hydrogens is 692 g/mol. The van der Waals surface area contributed by atoms with Gasteiger partial charge >= 0.3 is 0 Å². The van der Waals surface area contributed by atoms with E-state index in [1.807, 2.05) is 64.1 Å². The van der Waals surface area contributed by atoms with Crippen LogP contribution in [0.25, 0.3) is 22.1 Å². The molecule has 2 aromatic heterocycles. The van der Waals surface area contributed by atoms with E-state index in [-0.39, 0.29) is 75.7 Å². The lowest BCUT2D eigenvalue weighted by Crippen LogP contribution is -2.65. The number of benzene rings is 2.